The van der Waals surface area contributed by atoms with E-state index in [0.29, 0.717) is 11.4 Å². The number of methoxy groups -OCH3 is 2. The predicted octanol–water partition coefficient (Wildman–Crippen LogP) is 6.67. The number of hydrogen-bond acceptors (Lipinski definition) is 4. The highest BCUT2D eigenvalue weighted by Gasteiger charge is 2.03. The van der Waals surface area contributed by atoms with Gasteiger partial charge < -0.3 is 20.1 Å². The van der Waals surface area contributed by atoms with Crippen molar-refractivity contribution in [3.8, 4) is 22.6 Å². The minimum Gasteiger partial charge on any atom is -0.497 e. The molecule has 0 bridgehead atoms. The van der Waals surface area contributed by atoms with Crippen LogP contribution in [0.3, 0.4) is 0 Å². The summed E-state index contributed by atoms with van der Waals surface area (Å²) in [6.07, 6.45) is 6.49. The fourth-order valence-corrected chi connectivity index (χ4v) is 3.63. The second-order valence-corrected chi connectivity index (χ2v) is 8.35. The molecule has 0 aliphatic rings. The lowest BCUT2D eigenvalue weighted by Gasteiger charge is -2.07. The van der Waals surface area contributed by atoms with Crippen LogP contribution in [0.5, 0.6) is 11.5 Å². The zero-order valence-corrected chi connectivity index (χ0v) is 21.2. The molecule has 0 aliphatic heterocycles. The average Bonchev–Trinajstić information content (AvgIpc) is 2.96. The predicted molar refractivity (Wildman–Crippen MR) is 153 cm³/mol. The number of rotatable bonds is 9. The van der Waals surface area contributed by atoms with E-state index < -0.39 is 0 Å². The van der Waals surface area contributed by atoms with E-state index in [1.807, 2.05) is 97.1 Å². The van der Waals surface area contributed by atoms with Gasteiger partial charge in [-0.1, -0.05) is 48.5 Å². The number of amides is 2. The first-order valence-electron chi connectivity index (χ1n) is 12.0. The van der Waals surface area contributed by atoms with Gasteiger partial charge in [0.05, 0.1) is 14.2 Å². The molecule has 0 saturated heterocycles. The van der Waals surface area contributed by atoms with E-state index in [1.54, 1.807) is 26.4 Å². The second-order valence-electron chi connectivity index (χ2n) is 8.35. The third-order valence-corrected chi connectivity index (χ3v) is 5.72. The molecule has 0 aromatic heterocycles. The molecular formula is C32H28N2O4. The van der Waals surface area contributed by atoms with Crippen molar-refractivity contribution in [3.63, 3.8) is 0 Å². The number of benzene rings is 4. The Morgan fingerprint density at radius 2 is 0.868 bits per heavy atom. The van der Waals surface area contributed by atoms with Gasteiger partial charge in [0.15, 0.2) is 0 Å². The number of carbonyl (C=O) groups excluding carboxylic acids is 2. The molecule has 0 heterocycles. The largest absolute Gasteiger partial charge is 0.497 e. The number of carbonyl (C=O) groups is 2. The van der Waals surface area contributed by atoms with E-state index in [9.17, 15) is 9.59 Å². The van der Waals surface area contributed by atoms with E-state index in [4.69, 9.17) is 9.47 Å². The van der Waals surface area contributed by atoms with Gasteiger partial charge in [0.1, 0.15) is 11.5 Å². The zero-order chi connectivity index (χ0) is 26.7. The van der Waals surface area contributed by atoms with Crippen LogP contribution in [0, 0.1) is 0 Å². The first kappa shape index (κ1) is 26.0. The molecule has 38 heavy (non-hydrogen) atoms. The van der Waals surface area contributed by atoms with Crippen molar-refractivity contribution in [3.05, 3.63) is 120 Å². The normalized spacial score (nSPS) is 10.9. The molecular weight excluding hydrogens is 476 g/mol. The monoisotopic (exact) mass is 504 g/mol. The fraction of sp³-hybridized carbons (Fsp3) is 0.0625. The van der Waals surface area contributed by atoms with Crippen molar-refractivity contribution in [2.75, 3.05) is 24.9 Å². The van der Waals surface area contributed by atoms with Gasteiger partial charge >= 0.3 is 0 Å². The van der Waals surface area contributed by atoms with Gasteiger partial charge in [-0.15, -0.1) is 0 Å². The molecule has 0 fully saturated rings. The summed E-state index contributed by atoms with van der Waals surface area (Å²) in [5.41, 5.74) is 5.20. The van der Waals surface area contributed by atoms with Crippen LogP contribution in [0.15, 0.2) is 109 Å². The Balaban J connectivity index is 1.29. The number of hydrogen-bond donors (Lipinski definition) is 2. The first-order valence-corrected chi connectivity index (χ1v) is 12.0. The highest BCUT2D eigenvalue weighted by molar-refractivity contribution is 6.02. The average molecular weight is 505 g/mol. The lowest BCUT2D eigenvalue weighted by atomic mass is 10.0. The summed E-state index contributed by atoms with van der Waals surface area (Å²) in [7, 11) is 3.23. The Morgan fingerprint density at radius 3 is 1.18 bits per heavy atom. The Labute approximate surface area is 222 Å². The molecule has 2 N–H and O–H groups in total. The number of ether oxygens (including phenoxy) is 2. The van der Waals surface area contributed by atoms with Crippen LogP contribution < -0.4 is 20.1 Å². The molecule has 2 amide bonds. The minimum atomic E-state index is -0.213. The molecule has 0 spiro atoms. The van der Waals surface area contributed by atoms with Gasteiger partial charge in [-0.05, 0) is 82.9 Å². The van der Waals surface area contributed by atoms with Gasteiger partial charge in [-0.25, -0.2) is 0 Å². The molecule has 4 rings (SSSR count). The molecule has 6 heteroatoms. The molecule has 4 aromatic carbocycles. The van der Waals surface area contributed by atoms with Crippen molar-refractivity contribution >= 4 is 35.3 Å². The summed E-state index contributed by atoms with van der Waals surface area (Å²) in [4.78, 5) is 24.6. The molecule has 0 saturated carbocycles. The summed E-state index contributed by atoms with van der Waals surface area (Å²) >= 11 is 0. The van der Waals surface area contributed by atoms with Crippen molar-refractivity contribution in [1.82, 2.24) is 0 Å². The number of anilines is 2. The third-order valence-electron chi connectivity index (χ3n) is 5.72. The van der Waals surface area contributed by atoms with E-state index in [-0.39, 0.29) is 11.8 Å². The van der Waals surface area contributed by atoms with E-state index >= 15 is 0 Å². The Kier molecular flexibility index (Phi) is 8.71. The van der Waals surface area contributed by atoms with Crippen LogP contribution in [0.1, 0.15) is 11.1 Å². The molecule has 6 nitrogen and oxygen atoms in total. The number of nitrogens with one attached hydrogen (secondary N) is 2. The maximum absolute atomic E-state index is 12.3. The van der Waals surface area contributed by atoms with Crippen molar-refractivity contribution < 1.29 is 19.1 Å². The summed E-state index contributed by atoms with van der Waals surface area (Å²) in [6, 6.07) is 30.1. The lowest BCUT2D eigenvalue weighted by Crippen LogP contribution is -2.07. The molecule has 0 atom stereocenters. The highest BCUT2D eigenvalue weighted by Crippen LogP contribution is 2.23. The Hall–Kier alpha value is -5.10. The van der Waals surface area contributed by atoms with Gasteiger partial charge in [0.2, 0.25) is 11.8 Å². The fourth-order valence-electron chi connectivity index (χ4n) is 3.63. The van der Waals surface area contributed by atoms with Gasteiger partial charge in [0, 0.05) is 23.5 Å². The standard InChI is InChI=1S/C32H28N2O4/c1-37-29-17-3-23(4-18-29)7-21-31(35)33-27-13-9-25(10-14-27)26-11-15-28(16-12-26)34-32(36)22-8-24-5-19-30(38-2)20-6-24/h3-22H,1-2H3,(H,33,35)(H,34,36)/b21-7+,22-8+. The van der Waals surface area contributed by atoms with E-state index in [1.165, 1.54) is 12.2 Å². The van der Waals surface area contributed by atoms with Crippen LogP contribution in [0.2, 0.25) is 0 Å². The third kappa shape index (κ3) is 7.45. The van der Waals surface area contributed by atoms with Crippen LogP contribution in [-0.4, -0.2) is 26.0 Å². The molecule has 190 valence electrons. The van der Waals surface area contributed by atoms with Crippen LogP contribution in [0.25, 0.3) is 23.3 Å². The molecule has 0 unspecified atom stereocenters. The second kappa shape index (κ2) is 12.7. The maximum Gasteiger partial charge on any atom is 0.248 e. The molecule has 0 aliphatic carbocycles. The summed E-state index contributed by atoms with van der Waals surface area (Å²) in [6.45, 7) is 0. The lowest BCUT2D eigenvalue weighted by molar-refractivity contribution is -0.112. The summed E-state index contributed by atoms with van der Waals surface area (Å²) in [5, 5.41) is 5.73. The molecule has 0 radical (unpaired) electrons. The van der Waals surface area contributed by atoms with E-state index in [2.05, 4.69) is 10.6 Å². The minimum absolute atomic E-state index is 0.213. The zero-order valence-electron chi connectivity index (χ0n) is 21.2. The smallest absolute Gasteiger partial charge is 0.248 e. The van der Waals surface area contributed by atoms with Gasteiger partial charge in [-0.3, -0.25) is 9.59 Å². The molecule has 4 aromatic rings. The van der Waals surface area contributed by atoms with Crippen LogP contribution in [-0.2, 0) is 9.59 Å². The first-order chi connectivity index (χ1) is 18.5. The SMILES string of the molecule is COc1ccc(/C=C/C(=O)Nc2ccc(-c3ccc(NC(=O)/C=C/c4ccc(OC)cc4)cc3)cc2)cc1. The summed E-state index contributed by atoms with van der Waals surface area (Å²) < 4.78 is 10.3. The quantitative estimate of drug-likeness (QED) is 0.250. The topological polar surface area (TPSA) is 76.7 Å². The van der Waals surface area contributed by atoms with Gasteiger partial charge in [0.25, 0.3) is 0 Å². The van der Waals surface area contributed by atoms with E-state index in [0.717, 1.165) is 33.8 Å². The Bertz CT molecular complexity index is 1310. The highest BCUT2D eigenvalue weighted by atomic mass is 16.5. The maximum atomic E-state index is 12.3. The van der Waals surface area contributed by atoms with Crippen molar-refractivity contribution in [1.29, 1.82) is 0 Å². The van der Waals surface area contributed by atoms with Crippen LogP contribution in [0.4, 0.5) is 11.4 Å². The van der Waals surface area contributed by atoms with Crippen molar-refractivity contribution in [2.24, 2.45) is 0 Å². The van der Waals surface area contributed by atoms with Crippen molar-refractivity contribution in [2.45, 2.75) is 0 Å². The summed E-state index contributed by atoms with van der Waals surface area (Å²) in [5.74, 6) is 1.11. The van der Waals surface area contributed by atoms with Gasteiger partial charge in [-0.2, -0.15) is 0 Å². The Morgan fingerprint density at radius 1 is 0.526 bits per heavy atom. The van der Waals surface area contributed by atoms with Crippen LogP contribution >= 0.6 is 0 Å².